The SMILES string of the molecule is C=C(/C=C\C(F)=C(/C)C(N)=O)c1cccnc1[C@H](Cc1cc(F)cc(F)c1)NC(=O)CCl. The van der Waals surface area contributed by atoms with Crippen molar-refractivity contribution in [2.75, 3.05) is 5.88 Å². The zero-order valence-electron chi connectivity index (χ0n) is 17.2. The molecule has 1 aromatic heterocycles. The molecule has 1 heterocycles. The van der Waals surface area contributed by atoms with E-state index in [0.717, 1.165) is 24.3 Å². The second-order valence-electron chi connectivity index (χ2n) is 6.87. The summed E-state index contributed by atoms with van der Waals surface area (Å²) in [5.74, 6) is -4.10. The number of rotatable bonds is 9. The number of alkyl halides is 1. The van der Waals surface area contributed by atoms with Gasteiger partial charge in [-0.15, -0.1) is 11.6 Å². The van der Waals surface area contributed by atoms with Crippen LogP contribution >= 0.6 is 11.6 Å². The summed E-state index contributed by atoms with van der Waals surface area (Å²) in [4.78, 5) is 27.4. The highest BCUT2D eigenvalue weighted by Gasteiger charge is 2.21. The van der Waals surface area contributed by atoms with E-state index >= 15 is 0 Å². The summed E-state index contributed by atoms with van der Waals surface area (Å²) in [6.45, 7) is 5.13. The van der Waals surface area contributed by atoms with Gasteiger partial charge in [0, 0.05) is 23.4 Å². The normalized spacial score (nSPS) is 12.9. The van der Waals surface area contributed by atoms with Gasteiger partial charge in [-0.05, 0) is 48.8 Å². The number of hydrogen-bond donors (Lipinski definition) is 2. The molecule has 2 rings (SSSR count). The van der Waals surface area contributed by atoms with Gasteiger partial charge in [0.2, 0.25) is 11.8 Å². The zero-order chi connectivity index (χ0) is 23.8. The molecule has 0 aliphatic carbocycles. The Labute approximate surface area is 188 Å². The Morgan fingerprint density at radius 2 is 1.91 bits per heavy atom. The molecule has 1 aromatic carbocycles. The number of benzene rings is 1. The number of amides is 2. The molecule has 2 amide bonds. The average Bonchev–Trinajstić information content (AvgIpc) is 2.75. The van der Waals surface area contributed by atoms with Gasteiger partial charge in [0.15, 0.2) is 0 Å². The first-order chi connectivity index (χ1) is 15.1. The highest BCUT2D eigenvalue weighted by Crippen LogP contribution is 2.26. The van der Waals surface area contributed by atoms with Crippen molar-refractivity contribution in [3.05, 3.63) is 95.1 Å². The highest BCUT2D eigenvalue weighted by atomic mass is 35.5. The van der Waals surface area contributed by atoms with E-state index in [4.69, 9.17) is 17.3 Å². The lowest BCUT2D eigenvalue weighted by molar-refractivity contribution is -0.119. The number of nitrogens with zero attached hydrogens (tertiary/aromatic N) is 1. The van der Waals surface area contributed by atoms with E-state index in [-0.39, 0.29) is 23.4 Å². The molecule has 9 heteroatoms. The third-order valence-corrected chi connectivity index (χ3v) is 4.73. The van der Waals surface area contributed by atoms with Crippen molar-refractivity contribution in [3.63, 3.8) is 0 Å². The van der Waals surface area contributed by atoms with Gasteiger partial charge in [0.25, 0.3) is 0 Å². The van der Waals surface area contributed by atoms with Crippen molar-refractivity contribution in [1.82, 2.24) is 10.3 Å². The Kier molecular flexibility index (Phi) is 8.78. The number of carbonyl (C=O) groups excluding carboxylic acids is 2. The van der Waals surface area contributed by atoms with E-state index in [1.165, 1.54) is 19.2 Å². The summed E-state index contributed by atoms with van der Waals surface area (Å²) in [5, 5.41) is 2.68. The van der Waals surface area contributed by atoms with E-state index in [1.807, 2.05) is 0 Å². The van der Waals surface area contributed by atoms with Crippen LogP contribution in [0.15, 0.2) is 66.7 Å². The zero-order valence-corrected chi connectivity index (χ0v) is 17.9. The monoisotopic (exact) mass is 463 g/mol. The highest BCUT2D eigenvalue weighted by molar-refractivity contribution is 6.27. The van der Waals surface area contributed by atoms with Crippen LogP contribution in [0, 0.1) is 11.6 Å². The summed E-state index contributed by atoms with van der Waals surface area (Å²) >= 11 is 5.61. The van der Waals surface area contributed by atoms with Crippen LogP contribution in [-0.4, -0.2) is 22.7 Å². The molecule has 0 aliphatic heterocycles. The smallest absolute Gasteiger partial charge is 0.247 e. The lowest BCUT2D eigenvalue weighted by Crippen LogP contribution is -2.32. The maximum Gasteiger partial charge on any atom is 0.247 e. The first kappa shape index (κ1) is 24.9. The predicted molar refractivity (Wildman–Crippen MR) is 117 cm³/mol. The largest absolute Gasteiger partial charge is 0.366 e. The van der Waals surface area contributed by atoms with E-state index in [2.05, 4.69) is 16.9 Å². The molecule has 168 valence electrons. The Balaban J connectivity index is 2.44. The van der Waals surface area contributed by atoms with Crippen molar-refractivity contribution in [1.29, 1.82) is 0 Å². The van der Waals surface area contributed by atoms with E-state index in [1.54, 1.807) is 12.1 Å². The minimum atomic E-state index is -0.897. The standard InChI is InChI=1S/C23H21ClF3N3O2/c1-13(5-6-19(27)14(2)23(28)32)18-4-3-7-29-22(18)20(30-21(31)12-24)10-15-8-16(25)11-17(26)9-15/h3-9,11,20H,1,10,12H2,2H3,(H2,28,32)(H,30,31)/b6-5-,19-14-/t20-/m0/s1. The molecule has 0 spiro atoms. The fraction of sp³-hybridized carbons (Fsp3) is 0.174. The van der Waals surface area contributed by atoms with Crippen LogP contribution in [0.2, 0.25) is 0 Å². The van der Waals surface area contributed by atoms with Crippen LogP contribution in [0.1, 0.15) is 29.8 Å². The number of carbonyl (C=O) groups is 2. The fourth-order valence-corrected chi connectivity index (χ4v) is 2.96. The molecular weight excluding hydrogens is 443 g/mol. The van der Waals surface area contributed by atoms with Crippen molar-refractivity contribution in [2.24, 2.45) is 5.73 Å². The van der Waals surface area contributed by atoms with Crippen LogP contribution in [0.25, 0.3) is 5.57 Å². The molecule has 0 radical (unpaired) electrons. The fourth-order valence-electron chi connectivity index (χ4n) is 2.89. The summed E-state index contributed by atoms with van der Waals surface area (Å²) < 4.78 is 41.4. The van der Waals surface area contributed by atoms with Crippen LogP contribution in [-0.2, 0) is 16.0 Å². The number of hydrogen-bond acceptors (Lipinski definition) is 3. The molecule has 0 saturated heterocycles. The molecular formula is C23H21ClF3N3O2. The molecule has 5 nitrogen and oxygen atoms in total. The van der Waals surface area contributed by atoms with Gasteiger partial charge in [-0.25, -0.2) is 13.2 Å². The second kappa shape index (κ2) is 11.3. The molecule has 3 N–H and O–H groups in total. The number of allylic oxidation sites excluding steroid dienone is 4. The summed E-state index contributed by atoms with van der Waals surface area (Å²) in [7, 11) is 0. The minimum Gasteiger partial charge on any atom is -0.366 e. The van der Waals surface area contributed by atoms with Gasteiger partial charge < -0.3 is 11.1 Å². The van der Waals surface area contributed by atoms with Crippen molar-refractivity contribution >= 4 is 29.0 Å². The molecule has 0 bridgehead atoms. The topological polar surface area (TPSA) is 85.1 Å². The van der Waals surface area contributed by atoms with Crippen LogP contribution in [0.5, 0.6) is 0 Å². The first-order valence-electron chi connectivity index (χ1n) is 9.41. The van der Waals surface area contributed by atoms with Crippen molar-refractivity contribution < 1.29 is 22.8 Å². The molecule has 0 fully saturated rings. The maximum atomic E-state index is 14.1. The Morgan fingerprint density at radius 1 is 1.25 bits per heavy atom. The van der Waals surface area contributed by atoms with Gasteiger partial charge in [-0.2, -0.15) is 0 Å². The van der Waals surface area contributed by atoms with Crippen molar-refractivity contribution in [3.8, 4) is 0 Å². The number of pyridine rings is 1. The lowest BCUT2D eigenvalue weighted by atomic mass is 9.95. The quantitative estimate of drug-likeness (QED) is 0.330. The van der Waals surface area contributed by atoms with Crippen LogP contribution in [0.4, 0.5) is 13.2 Å². The summed E-state index contributed by atoms with van der Waals surface area (Å²) in [5.41, 5.74) is 6.20. The predicted octanol–water partition coefficient (Wildman–Crippen LogP) is 4.30. The van der Waals surface area contributed by atoms with E-state index in [0.29, 0.717) is 16.8 Å². The van der Waals surface area contributed by atoms with Gasteiger partial charge >= 0.3 is 0 Å². The van der Waals surface area contributed by atoms with E-state index < -0.39 is 35.3 Å². The van der Waals surface area contributed by atoms with Gasteiger partial charge in [-0.3, -0.25) is 14.6 Å². The second-order valence-corrected chi connectivity index (χ2v) is 7.13. The summed E-state index contributed by atoms with van der Waals surface area (Å²) in [6.07, 6.45) is 3.84. The number of aromatic nitrogens is 1. The van der Waals surface area contributed by atoms with Crippen LogP contribution in [0.3, 0.4) is 0 Å². The molecule has 0 saturated carbocycles. The maximum absolute atomic E-state index is 14.1. The molecule has 2 aromatic rings. The van der Waals surface area contributed by atoms with Crippen LogP contribution < -0.4 is 11.1 Å². The first-order valence-corrected chi connectivity index (χ1v) is 9.94. The Bertz CT molecular complexity index is 1080. The Morgan fingerprint density at radius 3 is 2.50 bits per heavy atom. The third kappa shape index (κ3) is 6.81. The Hall–Kier alpha value is -3.39. The molecule has 0 unspecified atom stereocenters. The molecule has 0 aliphatic rings. The summed E-state index contributed by atoms with van der Waals surface area (Å²) in [6, 6.07) is 5.48. The third-order valence-electron chi connectivity index (χ3n) is 4.49. The van der Waals surface area contributed by atoms with Gasteiger partial charge in [0.05, 0.1) is 11.7 Å². The molecule has 32 heavy (non-hydrogen) atoms. The average molecular weight is 464 g/mol. The van der Waals surface area contributed by atoms with Gasteiger partial charge in [-0.1, -0.05) is 18.7 Å². The number of halogens is 4. The van der Waals surface area contributed by atoms with E-state index in [9.17, 15) is 22.8 Å². The molecule has 1 atom stereocenters. The lowest BCUT2D eigenvalue weighted by Gasteiger charge is -2.21. The number of nitrogens with two attached hydrogens (primary N) is 1. The number of nitrogens with one attached hydrogen (secondary N) is 1. The number of primary amides is 1. The van der Waals surface area contributed by atoms with Gasteiger partial charge in [0.1, 0.15) is 23.3 Å². The minimum absolute atomic E-state index is 0.00731. The van der Waals surface area contributed by atoms with Crippen molar-refractivity contribution in [2.45, 2.75) is 19.4 Å².